The van der Waals surface area contributed by atoms with E-state index in [4.69, 9.17) is 10.2 Å². The summed E-state index contributed by atoms with van der Waals surface area (Å²) in [6.45, 7) is 0. The van der Waals surface area contributed by atoms with Crippen LogP contribution in [0.2, 0.25) is 0 Å². The third-order valence-corrected chi connectivity index (χ3v) is 3.09. The second kappa shape index (κ2) is 4.57. The van der Waals surface area contributed by atoms with Gasteiger partial charge in [0, 0.05) is 0 Å². The Bertz CT molecular complexity index is 434. The largest absolute Gasteiger partial charge is 0.481 e. The van der Waals surface area contributed by atoms with Crippen LogP contribution < -0.4 is 0 Å². The number of rotatable bonds is 5. The van der Waals surface area contributed by atoms with E-state index < -0.39 is 17.9 Å². The van der Waals surface area contributed by atoms with E-state index in [9.17, 15) is 9.59 Å². The molecule has 1 saturated carbocycles. The lowest BCUT2D eigenvalue weighted by molar-refractivity contribution is -0.154. The van der Waals surface area contributed by atoms with Crippen molar-refractivity contribution in [3.63, 3.8) is 0 Å². The highest BCUT2D eigenvalue weighted by molar-refractivity contribution is 5.93. The molecule has 0 radical (unpaired) electrons. The van der Waals surface area contributed by atoms with Crippen molar-refractivity contribution in [1.82, 2.24) is 0 Å². The molecule has 0 saturated heterocycles. The molecule has 17 heavy (non-hydrogen) atoms. The molecule has 0 amide bonds. The lowest BCUT2D eigenvalue weighted by Gasteiger charge is -2.11. The normalized spacial score (nSPS) is 14.9. The minimum Gasteiger partial charge on any atom is -0.481 e. The predicted molar refractivity (Wildman–Crippen MR) is 60.9 cm³/mol. The smallest absolute Gasteiger partial charge is 0.318 e. The molecule has 4 heteroatoms. The molecule has 0 unspecified atom stereocenters. The topological polar surface area (TPSA) is 74.6 Å². The van der Waals surface area contributed by atoms with Gasteiger partial charge in [0.1, 0.15) is 0 Å². The van der Waals surface area contributed by atoms with Crippen molar-refractivity contribution >= 4 is 11.9 Å². The first-order chi connectivity index (χ1) is 8.09. The number of aliphatic carboxylic acids is 2. The second-order valence-corrected chi connectivity index (χ2v) is 4.41. The van der Waals surface area contributed by atoms with Crippen LogP contribution in [0.4, 0.5) is 0 Å². The van der Waals surface area contributed by atoms with E-state index in [1.165, 1.54) is 0 Å². The summed E-state index contributed by atoms with van der Waals surface area (Å²) in [6.07, 6.45) is 2.29. The van der Waals surface area contributed by atoms with Gasteiger partial charge in [-0.2, -0.15) is 0 Å². The van der Waals surface area contributed by atoms with Crippen molar-refractivity contribution in [2.45, 2.75) is 25.2 Å². The van der Waals surface area contributed by atoms with E-state index in [0.29, 0.717) is 5.92 Å². The number of carboxylic acids is 2. The van der Waals surface area contributed by atoms with Crippen molar-refractivity contribution in [2.24, 2.45) is 5.92 Å². The van der Waals surface area contributed by atoms with E-state index in [0.717, 1.165) is 24.0 Å². The Morgan fingerprint density at radius 3 is 2.29 bits per heavy atom. The number of benzene rings is 1. The van der Waals surface area contributed by atoms with Crippen molar-refractivity contribution in [1.29, 1.82) is 0 Å². The molecule has 90 valence electrons. The summed E-state index contributed by atoms with van der Waals surface area (Å²) in [5.74, 6) is -3.41. The van der Waals surface area contributed by atoms with Crippen LogP contribution in [0, 0.1) is 5.92 Å². The van der Waals surface area contributed by atoms with Gasteiger partial charge in [0.2, 0.25) is 0 Å². The maximum Gasteiger partial charge on any atom is 0.318 e. The Hall–Kier alpha value is -1.84. The summed E-state index contributed by atoms with van der Waals surface area (Å²) < 4.78 is 0. The van der Waals surface area contributed by atoms with Gasteiger partial charge in [0.15, 0.2) is 5.92 Å². The number of carboxylic acid groups (broad SMARTS) is 2. The van der Waals surface area contributed by atoms with Crippen LogP contribution in [0.5, 0.6) is 0 Å². The number of hydrogen-bond acceptors (Lipinski definition) is 2. The molecule has 1 aromatic carbocycles. The Morgan fingerprint density at radius 1 is 1.18 bits per heavy atom. The Morgan fingerprint density at radius 2 is 1.76 bits per heavy atom. The molecule has 1 fully saturated rings. The van der Waals surface area contributed by atoms with Crippen molar-refractivity contribution in [2.75, 3.05) is 0 Å². The van der Waals surface area contributed by atoms with E-state index in [2.05, 4.69) is 0 Å². The molecule has 1 aliphatic carbocycles. The molecule has 1 aliphatic rings. The van der Waals surface area contributed by atoms with Crippen LogP contribution in [0.3, 0.4) is 0 Å². The van der Waals surface area contributed by atoms with Gasteiger partial charge in [-0.1, -0.05) is 24.3 Å². The second-order valence-electron chi connectivity index (χ2n) is 4.41. The van der Waals surface area contributed by atoms with Crippen LogP contribution in [0.15, 0.2) is 24.3 Å². The zero-order valence-electron chi connectivity index (χ0n) is 9.30. The fraction of sp³-hybridized carbons (Fsp3) is 0.385. The molecule has 0 spiro atoms. The maximum absolute atomic E-state index is 10.9. The van der Waals surface area contributed by atoms with E-state index in [1.807, 2.05) is 24.3 Å². The van der Waals surface area contributed by atoms with Crippen LogP contribution in [-0.4, -0.2) is 22.2 Å². The Labute approximate surface area is 98.9 Å². The molecule has 0 atom stereocenters. The highest BCUT2D eigenvalue weighted by Gasteiger charge is 2.30. The molecule has 0 aromatic heterocycles. The van der Waals surface area contributed by atoms with Crippen molar-refractivity contribution in [3.05, 3.63) is 35.4 Å². The summed E-state index contributed by atoms with van der Waals surface area (Å²) in [6, 6.07) is 7.52. The molecule has 2 N–H and O–H groups in total. The summed E-state index contributed by atoms with van der Waals surface area (Å²) in [5, 5.41) is 17.7. The van der Waals surface area contributed by atoms with Crippen LogP contribution >= 0.6 is 0 Å². The first-order valence-corrected chi connectivity index (χ1v) is 5.63. The molecule has 0 heterocycles. The monoisotopic (exact) mass is 234 g/mol. The lowest BCUT2D eigenvalue weighted by atomic mass is 9.94. The average Bonchev–Trinajstić information content (AvgIpc) is 3.09. The fourth-order valence-electron chi connectivity index (χ4n) is 2.01. The molecule has 4 nitrogen and oxygen atoms in total. The lowest BCUT2D eigenvalue weighted by Crippen LogP contribution is -2.25. The predicted octanol–water partition coefficient (Wildman–Crippen LogP) is 1.89. The van der Waals surface area contributed by atoms with Crippen LogP contribution in [0.1, 0.15) is 29.9 Å². The number of carbonyl (C=O) groups is 2. The molecule has 1 aromatic rings. The van der Waals surface area contributed by atoms with Gasteiger partial charge in [0.25, 0.3) is 0 Å². The fourth-order valence-corrected chi connectivity index (χ4v) is 2.01. The minimum atomic E-state index is -1.35. The van der Waals surface area contributed by atoms with Gasteiger partial charge in [0.05, 0.1) is 0 Å². The highest BCUT2D eigenvalue weighted by atomic mass is 16.4. The quantitative estimate of drug-likeness (QED) is 0.763. The molecule has 2 rings (SSSR count). The van der Waals surface area contributed by atoms with Crippen molar-refractivity contribution in [3.8, 4) is 0 Å². The standard InChI is InChI=1S/C13H14O4/c14-12(15)11(13(16)17)7-9-3-1-2-4-10(9)8-5-6-8/h1-4,8,11H,5-7H2,(H,14,15)(H,16,17). The molecule has 0 aliphatic heterocycles. The summed E-state index contributed by atoms with van der Waals surface area (Å²) in [4.78, 5) is 21.7. The van der Waals surface area contributed by atoms with Crippen LogP contribution in [-0.2, 0) is 16.0 Å². The first-order valence-electron chi connectivity index (χ1n) is 5.63. The third kappa shape index (κ3) is 2.64. The zero-order valence-corrected chi connectivity index (χ0v) is 9.30. The zero-order chi connectivity index (χ0) is 12.4. The van der Waals surface area contributed by atoms with E-state index >= 15 is 0 Å². The summed E-state index contributed by atoms with van der Waals surface area (Å²) in [5.41, 5.74) is 1.96. The first kappa shape index (κ1) is 11.6. The van der Waals surface area contributed by atoms with E-state index in [1.54, 1.807) is 0 Å². The van der Waals surface area contributed by atoms with Crippen molar-refractivity contribution < 1.29 is 19.8 Å². The SMILES string of the molecule is O=C(O)C(Cc1ccccc1C1CC1)C(=O)O. The Kier molecular flexibility index (Phi) is 3.13. The summed E-state index contributed by atoms with van der Waals surface area (Å²) >= 11 is 0. The van der Waals surface area contributed by atoms with Gasteiger partial charge in [-0.3, -0.25) is 9.59 Å². The third-order valence-electron chi connectivity index (χ3n) is 3.09. The van der Waals surface area contributed by atoms with Gasteiger partial charge < -0.3 is 10.2 Å². The van der Waals surface area contributed by atoms with E-state index in [-0.39, 0.29) is 6.42 Å². The molecule has 0 bridgehead atoms. The molecular weight excluding hydrogens is 220 g/mol. The van der Waals surface area contributed by atoms with Gasteiger partial charge in [-0.05, 0) is 36.3 Å². The van der Waals surface area contributed by atoms with Gasteiger partial charge in [-0.25, -0.2) is 0 Å². The molecular formula is C13H14O4. The average molecular weight is 234 g/mol. The van der Waals surface area contributed by atoms with Gasteiger partial charge in [-0.15, -0.1) is 0 Å². The number of hydrogen-bond donors (Lipinski definition) is 2. The maximum atomic E-state index is 10.9. The minimum absolute atomic E-state index is 0.0668. The summed E-state index contributed by atoms with van der Waals surface area (Å²) in [7, 11) is 0. The highest BCUT2D eigenvalue weighted by Crippen LogP contribution is 2.42. The van der Waals surface area contributed by atoms with Gasteiger partial charge >= 0.3 is 11.9 Å². The Balaban J connectivity index is 2.22. The van der Waals surface area contributed by atoms with Crippen LogP contribution in [0.25, 0.3) is 0 Å².